The van der Waals surface area contributed by atoms with Crippen molar-refractivity contribution in [2.45, 2.75) is 25.8 Å². The molecule has 1 atom stereocenters. The third-order valence-corrected chi connectivity index (χ3v) is 6.74. The van der Waals surface area contributed by atoms with E-state index in [2.05, 4.69) is 5.32 Å². The maximum absolute atomic E-state index is 14.4. The van der Waals surface area contributed by atoms with E-state index in [1.807, 2.05) is 0 Å². The Bertz CT molecular complexity index is 845. The number of aliphatic carboxylic acids is 1. The van der Waals surface area contributed by atoms with Crippen molar-refractivity contribution in [1.82, 2.24) is 10.2 Å². The lowest BCUT2D eigenvalue weighted by Gasteiger charge is -2.30. The van der Waals surface area contributed by atoms with Gasteiger partial charge in [0.1, 0.15) is 5.82 Å². The van der Waals surface area contributed by atoms with Gasteiger partial charge >= 0.3 is 12.0 Å². The van der Waals surface area contributed by atoms with Crippen molar-refractivity contribution in [2.75, 3.05) is 29.7 Å². The van der Waals surface area contributed by atoms with Gasteiger partial charge in [-0.05, 0) is 37.0 Å². The van der Waals surface area contributed by atoms with Crippen LogP contribution in [0.2, 0.25) is 0 Å². The van der Waals surface area contributed by atoms with E-state index in [-0.39, 0.29) is 31.1 Å². The van der Waals surface area contributed by atoms with Crippen LogP contribution in [0.3, 0.4) is 0 Å². The second-order valence-electron chi connectivity index (χ2n) is 6.81. The van der Waals surface area contributed by atoms with Crippen LogP contribution in [0.5, 0.6) is 0 Å². The summed E-state index contributed by atoms with van der Waals surface area (Å²) >= 11 is 0. The molecule has 1 unspecified atom stereocenters. The zero-order chi connectivity index (χ0) is 19.6. The van der Waals surface area contributed by atoms with E-state index in [0.29, 0.717) is 31.4 Å². The third-order valence-electron chi connectivity index (χ3n) is 4.88. The van der Waals surface area contributed by atoms with Crippen LogP contribution in [0.25, 0.3) is 0 Å². The van der Waals surface area contributed by atoms with Gasteiger partial charge in [0.05, 0.1) is 17.4 Å². The Balaban J connectivity index is 1.61. The molecule has 2 aliphatic heterocycles. The van der Waals surface area contributed by atoms with Gasteiger partial charge in [-0.25, -0.2) is 17.6 Å². The second-order valence-corrected chi connectivity index (χ2v) is 8.82. The molecule has 2 N–H and O–H groups in total. The van der Waals surface area contributed by atoms with E-state index in [4.69, 9.17) is 5.11 Å². The molecule has 2 aliphatic rings. The van der Waals surface area contributed by atoms with Crippen molar-refractivity contribution in [2.24, 2.45) is 5.92 Å². The highest BCUT2D eigenvalue weighted by Crippen LogP contribution is 2.27. The van der Waals surface area contributed by atoms with E-state index in [1.165, 1.54) is 17.0 Å². The SMILES string of the molecule is O=C(O)C1CCCN(C(=O)NCc2ccc(N3CCCS3(=O)=O)c(F)c2)C1. The predicted octanol–water partition coefficient (Wildman–Crippen LogP) is 1.37. The number of amides is 2. The molecule has 0 radical (unpaired) electrons. The average molecular weight is 399 g/mol. The maximum Gasteiger partial charge on any atom is 0.317 e. The standard InChI is InChI=1S/C17H22FN3O5S/c18-14-9-12(4-5-15(14)21-7-2-8-27(21,25)26)10-19-17(24)20-6-1-3-13(11-20)16(22)23/h4-5,9,13H,1-3,6-8,10-11H2,(H,19,24)(H,22,23). The Labute approximate surface area is 157 Å². The van der Waals surface area contributed by atoms with Crippen LogP contribution in [0.4, 0.5) is 14.9 Å². The number of sulfonamides is 1. The molecule has 2 heterocycles. The van der Waals surface area contributed by atoms with Gasteiger partial charge in [-0.2, -0.15) is 0 Å². The number of anilines is 1. The minimum Gasteiger partial charge on any atom is -0.481 e. The zero-order valence-electron chi connectivity index (χ0n) is 14.7. The number of hydrogen-bond acceptors (Lipinski definition) is 4. The molecular formula is C17H22FN3O5S. The fourth-order valence-corrected chi connectivity index (χ4v) is 4.99. The zero-order valence-corrected chi connectivity index (χ0v) is 15.5. The Hall–Kier alpha value is -2.36. The molecule has 2 fully saturated rings. The van der Waals surface area contributed by atoms with E-state index >= 15 is 0 Å². The van der Waals surface area contributed by atoms with Crippen molar-refractivity contribution >= 4 is 27.7 Å². The number of carbonyl (C=O) groups is 2. The maximum atomic E-state index is 14.4. The average Bonchev–Trinajstić information content (AvgIpc) is 2.98. The number of carbonyl (C=O) groups excluding carboxylic acids is 1. The Morgan fingerprint density at radius 1 is 1.26 bits per heavy atom. The summed E-state index contributed by atoms with van der Waals surface area (Å²) < 4.78 is 39.3. The molecule has 1 aromatic carbocycles. The highest BCUT2D eigenvalue weighted by molar-refractivity contribution is 7.93. The van der Waals surface area contributed by atoms with Gasteiger partial charge in [0.15, 0.2) is 0 Å². The van der Waals surface area contributed by atoms with Gasteiger partial charge in [0.2, 0.25) is 10.0 Å². The number of nitrogens with one attached hydrogen (secondary N) is 1. The molecule has 2 amide bonds. The van der Waals surface area contributed by atoms with Crippen LogP contribution in [0.1, 0.15) is 24.8 Å². The number of hydrogen-bond donors (Lipinski definition) is 2. The summed E-state index contributed by atoms with van der Waals surface area (Å²) in [5.74, 6) is -2.13. The molecule has 0 aliphatic carbocycles. The molecule has 27 heavy (non-hydrogen) atoms. The fourth-order valence-electron chi connectivity index (χ4n) is 3.43. The first-order chi connectivity index (χ1) is 12.8. The molecule has 0 saturated carbocycles. The molecule has 1 aromatic rings. The van der Waals surface area contributed by atoms with Crippen molar-refractivity contribution in [3.63, 3.8) is 0 Å². The van der Waals surface area contributed by atoms with Gasteiger partial charge in [-0.3, -0.25) is 9.10 Å². The van der Waals surface area contributed by atoms with Gasteiger partial charge in [0.25, 0.3) is 0 Å². The smallest absolute Gasteiger partial charge is 0.317 e. The first-order valence-corrected chi connectivity index (χ1v) is 10.4. The van der Waals surface area contributed by atoms with Crippen LogP contribution in [-0.2, 0) is 21.4 Å². The van der Waals surface area contributed by atoms with Gasteiger partial charge < -0.3 is 15.3 Å². The second kappa shape index (κ2) is 7.71. The quantitative estimate of drug-likeness (QED) is 0.795. The van der Waals surface area contributed by atoms with E-state index in [9.17, 15) is 22.4 Å². The molecule has 0 bridgehead atoms. The topological polar surface area (TPSA) is 107 Å². The number of carboxylic acid groups (broad SMARTS) is 1. The van der Waals surface area contributed by atoms with Gasteiger partial charge in [-0.1, -0.05) is 6.07 Å². The van der Waals surface area contributed by atoms with E-state index < -0.39 is 33.8 Å². The third kappa shape index (κ3) is 4.32. The van der Waals surface area contributed by atoms with Crippen molar-refractivity contribution in [3.8, 4) is 0 Å². The van der Waals surface area contributed by atoms with Gasteiger partial charge in [-0.15, -0.1) is 0 Å². The van der Waals surface area contributed by atoms with Crippen molar-refractivity contribution in [1.29, 1.82) is 0 Å². The number of benzene rings is 1. The molecule has 3 rings (SSSR count). The number of nitrogens with zero attached hydrogens (tertiary/aromatic N) is 2. The summed E-state index contributed by atoms with van der Waals surface area (Å²) in [6, 6.07) is 3.79. The van der Waals surface area contributed by atoms with Crippen LogP contribution >= 0.6 is 0 Å². The van der Waals surface area contributed by atoms with Crippen LogP contribution < -0.4 is 9.62 Å². The lowest BCUT2D eigenvalue weighted by molar-refractivity contribution is -0.143. The van der Waals surface area contributed by atoms with Gasteiger partial charge in [0, 0.05) is 26.2 Å². The lowest BCUT2D eigenvalue weighted by Crippen LogP contribution is -2.46. The number of halogens is 1. The summed E-state index contributed by atoms with van der Waals surface area (Å²) in [6.07, 6.45) is 1.63. The number of likely N-dealkylation sites (tertiary alicyclic amines) is 1. The minimum atomic E-state index is -3.46. The molecule has 2 saturated heterocycles. The highest BCUT2D eigenvalue weighted by Gasteiger charge is 2.30. The monoisotopic (exact) mass is 399 g/mol. The number of rotatable bonds is 4. The predicted molar refractivity (Wildman–Crippen MR) is 96.3 cm³/mol. The van der Waals surface area contributed by atoms with Crippen LogP contribution in [-0.4, -0.2) is 55.8 Å². The molecule has 10 heteroatoms. The highest BCUT2D eigenvalue weighted by atomic mass is 32.2. The van der Waals surface area contributed by atoms with Crippen molar-refractivity contribution in [3.05, 3.63) is 29.6 Å². The summed E-state index contributed by atoms with van der Waals surface area (Å²) in [5, 5.41) is 11.7. The first kappa shape index (κ1) is 19.4. The first-order valence-electron chi connectivity index (χ1n) is 8.82. The largest absolute Gasteiger partial charge is 0.481 e. The Kier molecular flexibility index (Phi) is 5.54. The number of piperidine rings is 1. The Morgan fingerprint density at radius 2 is 2.04 bits per heavy atom. The summed E-state index contributed by atoms with van der Waals surface area (Å²) in [4.78, 5) is 24.8. The van der Waals surface area contributed by atoms with E-state index in [1.54, 1.807) is 6.07 Å². The Morgan fingerprint density at radius 3 is 2.67 bits per heavy atom. The molecule has 148 valence electrons. The van der Waals surface area contributed by atoms with E-state index in [0.717, 1.165) is 4.31 Å². The molecule has 0 spiro atoms. The summed E-state index contributed by atoms with van der Waals surface area (Å²) in [6.45, 7) is 0.961. The fraction of sp³-hybridized carbons (Fsp3) is 0.529. The molecular weight excluding hydrogens is 377 g/mol. The summed E-state index contributed by atoms with van der Waals surface area (Å²) in [7, 11) is -3.46. The number of carboxylic acids is 1. The number of urea groups is 1. The van der Waals surface area contributed by atoms with Crippen LogP contribution in [0.15, 0.2) is 18.2 Å². The lowest BCUT2D eigenvalue weighted by atomic mass is 9.99. The molecule has 8 nitrogen and oxygen atoms in total. The normalized spacial score (nSPS) is 21.9. The minimum absolute atomic E-state index is 0.0113. The summed E-state index contributed by atoms with van der Waals surface area (Å²) in [5.41, 5.74) is 0.510. The van der Waals surface area contributed by atoms with Crippen LogP contribution in [0, 0.1) is 11.7 Å². The van der Waals surface area contributed by atoms with Crippen molar-refractivity contribution < 1.29 is 27.5 Å². The molecule has 0 aromatic heterocycles.